The molecule has 46 heavy (non-hydrogen) atoms. The van der Waals surface area contributed by atoms with E-state index in [1.165, 1.54) is 29.5 Å². The molecule has 0 aromatic heterocycles. The second-order valence-electron chi connectivity index (χ2n) is 15.0. The molecule has 1 fully saturated rings. The van der Waals surface area contributed by atoms with E-state index in [9.17, 15) is 34.5 Å². The molecule has 1 saturated heterocycles. The first-order chi connectivity index (χ1) is 21.5. The maximum absolute atomic E-state index is 14.5. The third-order valence-corrected chi connectivity index (χ3v) is 9.63. The van der Waals surface area contributed by atoms with Crippen molar-refractivity contribution in [2.75, 3.05) is 6.54 Å². The van der Waals surface area contributed by atoms with E-state index in [-0.39, 0.29) is 36.4 Å². The summed E-state index contributed by atoms with van der Waals surface area (Å²) >= 11 is 0. The highest BCUT2D eigenvalue weighted by Gasteiger charge is 2.55. The van der Waals surface area contributed by atoms with Gasteiger partial charge in [-0.3, -0.25) is 19.3 Å². The predicted molar refractivity (Wildman–Crippen MR) is 171 cm³/mol. The van der Waals surface area contributed by atoms with Crippen LogP contribution < -0.4 is 10.6 Å². The Morgan fingerprint density at radius 2 is 1.70 bits per heavy atom. The van der Waals surface area contributed by atoms with Crippen LogP contribution in [0.1, 0.15) is 95.1 Å². The molecule has 11 heteroatoms. The number of nitrogens with zero attached hydrogens (tertiary/aromatic N) is 2. The van der Waals surface area contributed by atoms with Crippen LogP contribution in [-0.2, 0) is 27.2 Å². The standard InChI is InChI=1S/C35H46N4O7/c1-19(38(33(45)46)18-34(2,3)4)30(42)37-25-14-21-15-27(40)28(41)16-23(21)26-17-35(5,6)29(39(26)32(25)44)31(43)36-24-13-9-11-20-10-7-8-12-22(20)24/h7-8,10,12,15-16,19,24-26,29,40-41H,9,11,13-14,17-18H2,1-6H3,(H,36,43)(H,37,42)(H,45,46)/t19-,24+,25-,26+,29?/m0/s1. The van der Waals surface area contributed by atoms with Gasteiger partial charge < -0.3 is 30.9 Å². The van der Waals surface area contributed by atoms with E-state index in [0.29, 0.717) is 17.5 Å². The molecule has 2 aromatic carbocycles. The number of nitrogens with one attached hydrogen (secondary N) is 2. The average molecular weight is 635 g/mol. The second-order valence-corrected chi connectivity index (χ2v) is 15.0. The van der Waals surface area contributed by atoms with Crippen LogP contribution in [-0.4, -0.2) is 73.6 Å². The molecule has 2 heterocycles. The van der Waals surface area contributed by atoms with Crippen LogP contribution in [0.25, 0.3) is 0 Å². The number of aromatic hydroxyl groups is 2. The van der Waals surface area contributed by atoms with E-state index in [0.717, 1.165) is 29.7 Å². The van der Waals surface area contributed by atoms with Crippen molar-refractivity contribution in [3.63, 3.8) is 0 Å². The SMILES string of the molecule is C[C@@H](C(=O)N[C@H]1Cc2cc(O)c(O)cc2[C@H]2CC(C)(C)C(C(=O)N[C@@H]3CCCc4ccccc43)N2C1=O)N(CC(C)(C)C)C(=O)O. The minimum Gasteiger partial charge on any atom is -0.504 e. The Labute approximate surface area is 270 Å². The fourth-order valence-corrected chi connectivity index (χ4v) is 7.48. The Morgan fingerprint density at radius 3 is 2.37 bits per heavy atom. The van der Waals surface area contributed by atoms with Crippen molar-refractivity contribution in [2.45, 2.75) is 104 Å². The van der Waals surface area contributed by atoms with Crippen LogP contribution in [0.4, 0.5) is 4.79 Å². The lowest BCUT2D eigenvalue weighted by molar-refractivity contribution is -0.145. The molecule has 1 aliphatic carbocycles. The Balaban J connectivity index is 1.50. The number of carbonyl (C=O) groups excluding carboxylic acids is 3. The smallest absolute Gasteiger partial charge is 0.407 e. The third-order valence-electron chi connectivity index (χ3n) is 9.63. The van der Waals surface area contributed by atoms with Crippen LogP contribution in [0.5, 0.6) is 11.5 Å². The number of fused-ring (bicyclic) bond motifs is 4. The molecule has 11 nitrogen and oxygen atoms in total. The van der Waals surface area contributed by atoms with Crippen LogP contribution in [0.2, 0.25) is 0 Å². The number of aryl methyl sites for hydroxylation is 1. The lowest BCUT2D eigenvalue weighted by Crippen LogP contribution is -2.58. The summed E-state index contributed by atoms with van der Waals surface area (Å²) in [5, 5.41) is 36.8. The number of carbonyl (C=O) groups is 4. The highest BCUT2D eigenvalue weighted by molar-refractivity contribution is 5.95. The van der Waals surface area contributed by atoms with Gasteiger partial charge in [-0.25, -0.2) is 4.79 Å². The molecule has 2 aromatic rings. The van der Waals surface area contributed by atoms with Crippen molar-refractivity contribution < 1.29 is 34.5 Å². The molecule has 248 valence electrons. The Bertz CT molecular complexity index is 1550. The van der Waals surface area contributed by atoms with E-state index in [4.69, 9.17) is 0 Å². The Kier molecular flexibility index (Phi) is 8.74. The van der Waals surface area contributed by atoms with Crippen LogP contribution in [0, 0.1) is 10.8 Å². The number of phenols is 2. The zero-order valence-corrected chi connectivity index (χ0v) is 27.5. The van der Waals surface area contributed by atoms with Crippen LogP contribution in [0.15, 0.2) is 36.4 Å². The summed E-state index contributed by atoms with van der Waals surface area (Å²) in [6.07, 6.45) is 1.78. The molecule has 0 radical (unpaired) electrons. The molecule has 5 atom stereocenters. The molecule has 5 rings (SSSR count). The van der Waals surface area contributed by atoms with Crippen molar-refractivity contribution in [1.29, 1.82) is 0 Å². The van der Waals surface area contributed by atoms with Crippen molar-refractivity contribution in [2.24, 2.45) is 10.8 Å². The first-order valence-electron chi connectivity index (χ1n) is 16.0. The second kappa shape index (κ2) is 12.1. The van der Waals surface area contributed by atoms with Crippen LogP contribution >= 0.6 is 0 Å². The number of hydrogen-bond acceptors (Lipinski definition) is 6. The van der Waals surface area contributed by atoms with Gasteiger partial charge in [-0.05, 0) is 77.8 Å². The minimum absolute atomic E-state index is 0.00935. The summed E-state index contributed by atoms with van der Waals surface area (Å²) in [5.41, 5.74) is 2.31. The van der Waals surface area contributed by atoms with Crippen molar-refractivity contribution in [3.05, 3.63) is 58.7 Å². The predicted octanol–water partition coefficient (Wildman–Crippen LogP) is 4.42. The van der Waals surface area contributed by atoms with E-state index >= 15 is 0 Å². The molecule has 0 spiro atoms. The van der Waals surface area contributed by atoms with E-state index in [1.54, 1.807) is 0 Å². The first-order valence-corrected chi connectivity index (χ1v) is 16.0. The van der Waals surface area contributed by atoms with Gasteiger partial charge >= 0.3 is 6.09 Å². The third kappa shape index (κ3) is 6.37. The lowest BCUT2D eigenvalue weighted by Gasteiger charge is -2.36. The summed E-state index contributed by atoms with van der Waals surface area (Å²) in [5.74, 6) is -2.12. The molecule has 3 aliphatic rings. The lowest BCUT2D eigenvalue weighted by atomic mass is 9.80. The molecule has 4 amide bonds. The summed E-state index contributed by atoms with van der Waals surface area (Å²) < 4.78 is 0. The number of benzene rings is 2. The van der Waals surface area contributed by atoms with Gasteiger partial charge in [0.15, 0.2) is 11.5 Å². The number of carboxylic acid groups (broad SMARTS) is 1. The van der Waals surface area contributed by atoms with Gasteiger partial charge in [0.05, 0.1) is 12.1 Å². The maximum atomic E-state index is 14.5. The van der Waals surface area contributed by atoms with Gasteiger partial charge in [-0.2, -0.15) is 0 Å². The zero-order valence-electron chi connectivity index (χ0n) is 27.5. The molecular formula is C35H46N4O7. The fraction of sp³-hybridized carbons (Fsp3) is 0.543. The van der Waals surface area contributed by atoms with E-state index in [2.05, 4.69) is 16.7 Å². The largest absolute Gasteiger partial charge is 0.504 e. The van der Waals surface area contributed by atoms with E-state index in [1.807, 2.05) is 52.8 Å². The Hall–Kier alpha value is -4.28. The molecular weight excluding hydrogens is 588 g/mol. The van der Waals surface area contributed by atoms with E-state index < -0.39 is 52.9 Å². The van der Waals surface area contributed by atoms with Crippen LogP contribution in [0.3, 0.4) is 0 Å². The normalized spacial score (nSPS) is 24.1. The van der Waals surface area contributed by atoms with Gasteiger partial charge in [-0.1, -0.05) is 58.9 Å². The monoisotopic (exact) mass is 634 g/mol. The molecule has 5 N–H and O–H groups in total. The van der Waals surface area contributed by atoms with Crippen molar-refractivity contribution in [3.8, 4) is 11.5 Å². The van der Waals surface area contributed by atoms with Gasteiger partial charge in [0.1, 0.15) is 18.1 Å². The quantitative estimate of drug-likeness (QED) is 0.294. The summed E-state index contributed by atoms with van der Waals surface area (Å²) in [6, 6.07) is 6.92. The van der Waals surface area contributed by atoms with Gasteiger partial charge in [0.2, 0.25) is 17.7 Å². The first kappa shape index (κ1) is 33.1. The van der Waals surface area contributed by atoms with Gasteiger partial charge in [0, 0.05) is 13.0 Å². The summed E-state index contributed by atoms with van der Waals surface area (Å²) in [7, 11) is 0. The molecule has 0 saturated carbocycles. The topological polar surface area (TPSA) is 160 Å². The Morgan fingerprint density at radius 1 is 1.02 bits per heavy atom. The van der Waals surface area contributed by atoms with Gasteiger partial charge in [0.25, 0.3) is 0 Å². The average Bonchev–Trinajstić information content (AvgIpc) is 3.21. The number of phenolic OH excluding ortho intramolecular Hbond substituents is 2. The van der Waals surface area contributed by atoms with Crippen molar-refractivity contribution >= 4 is 23.8 Å². The summed E-state index contributed by atoms with van der Waals surface area (Å²) in [4.78, 5) is 57.1. The van der Waals surface area contributed by atoms with Gasteiger partial charge in [-0.15, -0.1) is 0 Å². The summed E-state index contributed by atoms with van der Waals surface area (Å²) in [6.45, 7) is 11.0. The molecule has 2 aliphatic heterocycles. The maximum Gasteiger partial charge on any atom is 0.407 e. The highest BCUT2D eigenvalue weighted by Crippen LogP contribution is 2.51. The molecule has 1 unspecified atom stereocenters. The molecule has 0 bridgehead atoms. The fourth-order valence-electron chi connectivity index (χ4n) is 7.48. The number of rotatable bonds is 6. The zero-order chi connectivity index (χ0) is 33.7. The number of hydrogen-bond donors (Lipinski definition) is 5. The highest BCUT2D eigenvalue weighted by atomic mass is 16.4. The van der Waals surface area contributed by atoms with Crippen molar-refractivity contribution in [1.82, 2.24) is 20.4 Å². The minimum atomic E-state index is -1.25. The number of amides is 4.